The lowest BCUT2D eigenvalue weighted by Crippen LogP contribution is -2.21. The van der Waals surface area contributed by atoms with Gasteiger partial charge in [0.1, 0.15) is 0 Å². The Morgan fingerprint density at radius 2 is 1.44 bits per heavy atom. The van der Waals surface area contributed by atoms with Gasteiger partial charge in [0.05, 0.1) is 5.56 Å². The molecule has 88 valence electrons. The van der Waals surface area contributed by atoms with Gasteiger partial charge in [-0.1, -0.05) is 36.4 Å². The predicted octanol–water partition coefficient (Wildman–Crippen LogP) is 2.43. The fourth-order valence-electron chi connectivity index (χ4n) is 2.19. The second-order valence-electron chi connectivity index (χ2n) is 3.97. The van der Waals surface area contributed by atoms with Crippen LogP contribution >= 0.6 is 0 Å². The highest BCUT2D eigenvalue weighted by atomic mass is 17.1. The second kappa shape index (κ2) is 3.78. The van der Waals surface area contributed by atoms with Gasteiger partial charge in [0.15, 0.2) is 17.3 Å². The van der Waals surface area contributed by atoms with E-state index >= 15 is 0 Å². The Kier molecular flexibility index (Phi) is 2.25. The minimum atomic E-state index is -0.315. The van der Waals surface area contributed by atoms with Gasteiger partial charge in [-0.2, -0.15) is 0 Å². The van der Waals surface area contributed by atoms with Gasteiger partial charge in [-0.15, -0.1) is 0 Å². The molecule has 1 N–H and O–H groups in total. The minimum Gasteiger partial charge on any atom is -0.339 e. The molecule has 1 aliphatic rings. The maximum absolute atomic E-state index is 12.3. The number of carbonyl (C=O) groups excluding carboxylic acids is 2. The molecule has 4 heteroatoms. The molecule has 4 nitrogen and oxygen atoms in total. The Bertz CT molecular complexity index is 679. The average molecular weight is 241 g/mol. The van der Waals surface area contributed by atoms with Crippen LogP contribution in [0, 0.1) is 0 Å². The second-order valence-corrected chi connectivity index (χ2v) is 3.97. The summed E-state index contributed by atoms with van der Waals surface area (Å²) in [6.45, 7) is 0. The van der Waals surface area contributed by atoms with Crippen LogP contribution < -0.4 is 4.89 Å². The molecule has 18 heavy (non-hydrogen) atoms. The molecule has 0 saturated heterocycles. The van der Waals surface area contributed by atoms with Crippen LogP contribution in [-0.2, 0) is 0 Å². The molecule has 3 rings (SSSR count). The highest BCUT2D eigenvalue weighted by molar-refractivity contribution is 6.29. The Labute approximate surface area is 104 Å². The third kappa shape index (κ3) is 1.30. The third-order valence-electron chi connectivity index (χ3n) is 3.01. The molecular weight excluding hydrogens is 232 g/mol. The number of fused-ring (bicyclic) bond motifs is 2. The van der Waals surface area contributed by atoms with Crippen molar-refractivity contribution in [2.45, 2.75) is 0 Å². The molecule has 0 aliphatic heterocycles. The lowest BCUT2D eigenvalue weighted by atomic mass is 9.84. The normalized spacial score (nSPS) is 12.9. The first-order valence-electron chi connectivity index (χ1n) is 5.37. The van der Waals surface area contributed by atoms with Gasteiger partial charge in [0.2, 0.25) is 0 Å². The van der Waals surface area contributed by atoms with Crippen LogP contribution in [0.1, 0.15) is 33.3 Å². The average Bonchev–Trinajstić information content (AvgIpc) is 2.44. The molecular formula is C14H9O4+. The van der Waals surface area contributed by atoms with E-state index in [1.807, 2.05) is 0 Å². The topological polar surface area (TPSA) is 63.6 Å². The number of hydrogen-bond donors (Lipinski definition) is 1. The molecule has 0 saturated carbocycles. The standard InChI is InChI=1S/C14H8O4/c15-13-8-4-1-2-5-9(8)14(16)12-10(13)6-3-7-11(12)18-17/h1-7,17H/p+1. The summed E-state index contributed by atoms with van der Waals surface area (Å²) >= 11 is 0. The van der Waals surface area contributed by atoms with Gasteiger partial charge in [0.25, 0.3) is 0 Å². The molecule has 2 aromatic carbocycles. The van der Waals surface area contributed by atoms with E-state index in [1.54, 1.807) is 36.4 Å². The van der Waals surface area contributed by atoms with Crippen LogP contribution in [0.5, 0.6) is 5.75 Å². The van der Waals surface area contributed by atoms with Crippen molar-refractivity contribution in [3.63, 3.8) is 0 Å². The van der Waals surface area contributed by atoms with Gasteiger partial charge < -0.3 is 4.89 Å². The summed E-state index contributed by atoms with van der Waals surface area (Å²) in [6, 6.07) is 11.2. The van der Waals surface area contributed by atoms with Crippen LogP contribution in [0.3, 0.4) is 0 Å². The highest BCUT2D eigenvalue weighted by Gasteiger charge is 2.31. The number of benzene rings is 2. The van der Waals surface area contributed by atoms with E-state index in [1.165, 1.54) is 6.07 Å². The van der Waals surface area contributed by atoms with Crippen LogP contribution in [0.15, 0.2) is 42.5 Å². The fraction of sp³-hybridized carbons (Fsp3) is 0. The molecule has 0 bridgehead atoms. The van der Waals surface area contributed by atoms with Crippen molar-refractivity contribution < 1.29 is 21.2 Å². The fourth-order valence-corrected chi connectivity index (χ4v) is 2.19. The summed E-state index contributed by atoms with van der Waals surface area (Å²) in [4.78, 5) is 28.7. The molecule has 0 heterocycles. The quantitative estimate of drug-likeness (QED) is 0.525. The van der Waals surface area contributed by atoms with Crippen molar-refractivity contribution in [1.82, 2.24) is 0 Å². The van der Waals surface area contributed by atoms with Crippen molar-refractivity contribution in [2.75, 3.05) is 0 Å². The zero-order chi connectivity index (χ0) is 12.7. The van der Waals surface area contributed by atoms with Crippen molar-refractivity contribution in [3.8, 4) is 5.75 Å². The summed E-state index contributed by atoms with van der Waals surface area (Å²) in [5.74, 6) is -0.552. The number of carbonyl (C=O) groups is 2. The summed E-state index contributed by atoms with van der Waals surface area (Å²) in [5, 5.41) is 8.78. The SMILES string of the molecule is O=C1c2ccccc2C(=O)c2c(OO)cccc21.[H+]. The monoisotopic (exact) mass is 241 g/mol. The summed E-state index contributed by atoms with van der Waals surface area (Å²) in [6.07, 6.45) is 0. The van der Waals surface area contributed by atoms with Crippen LogP contribution in [0.2, 0.25) is 0 Å². The lowest BCUT2D eigenvalue weighted by Gasteiger charge is -2.18. The molecule has 0 atom stereocenters. The zero-order valence-corrected chi connectivity index (χ0v) is 9.21. The smallest absolute Gasteiger partial charge is 0.339 e. The van der Waals surface area contributed by atoms with Crippen molar-refractivity contribution in [2.24, 2.45) is 0 Å². The molecule has 0 unspecified atom stereocenters. The highest BCUT2D eigenvalue weighted by Crippen LogP contribution is 2.32. The number of hydrogen-bond acceptors (Lipinski definition) is 4. The van der Waals surface area contributed by atoms with Gasteiger partial charge in [-0.3, -0.25) is 9.59 Å². The van der Waals surface area contributed by atoms with E-state index in [9.17, 15) is 9.59 Å². The van der Waals surface area contributed by atoms with Gasteiger partial charge in [-0.05, 0) is 6.07 Å². The van der Waals surface area contributed by atoms with E-state index in [2.05, 4.69) is 4.89 Å². The third-order valence-corrected chi connectivity index (χ3v) is 3.01. The van der Waals surface area contributed by atoms with Crippen LogP contribution in [-0.4, -0.2) is 16.8 Å². The van der Waals surface area contributed by atoms with E-state index in [0.717, 1.165) is 0 Å². The molecule has 0 fully saturated rings. The van der Waals surface area contributed by atoms with Crippen molar-refractivity contribution in [1.29, 1.82) is 0 Å². The Morgan fingerprint density at radius 1 is 0.833 bits per heavy atom. The molecule has 0 spiro atoms. The van der Waals surface area contributed by atoms with E-state index in [4.69, 9.17) is 5.26 Å². The van der Waals surface area contributed by atoms with E-state index in [0.29, 0.717) is 11.1 Å². The van der Waals surface area contributed by atoms with Gasteiger partial charge >= 0.3 is 1.43 Å². The van der Waals surface area contributed by atoms with Crippen molar-refractivity contribution >= 4 is 11.6 Å². The first-order chi connectivity index (χ1) is 8.74. The first-order valence-corrected chi connectivity index (χ1v) is 5.37. The zero-order valence-electron chi connectivity index (χ0n) is 10.2. The molecule has 0 radical (unpaired) electrons. The molecule has 0 amide bonds. The molecule has 2 aromatic rings. The van der Waals surface area contributed by atoms with Crippen LogP contribution in [0.25, 0.3) is 0 Å². The molecule has 1 aliphatic carbocycles. The van der Waals surface area contributed by atoms with Crippen molar-refractivity contribution in [3.05, 3.63) is 64.7 Å². The summed E-state index contributed by atoms with van der Waals surface area (Å²) < 4.78 is 0. The van der Waals surface area contributed by atoms with E-state index < -0.39 is 0 Å². The summed E-state index contributed by atoms with van der Waals surface area (Å²) in [5.41, 5.74) is 1.08. The Morgan fingerprint density at radius 3 is 2.11 bits per heavy atom. The van der Waals surface area contributed by atoms with Gasteiger partial charge in [0, 0.05) is 16.7 Å². The number of rotatable bonds is 1. The maximum atomic E-state index is 12.3. The summed E-state index contributed by atoms with van der Waals surface area (Å²) in [7, 11) is 0. The predicted molar refractivity (Wildman–Crippen MR) is 64.1 cm³/mol. The maximum Gasteiger partial charge on any atom is 1.00 e. The first kappa shape index (κ1) is 10.7. The van der Waals surface area contributed by atoms with E-state index in [-0.39, 0.29) is 29.9 Å². The lowest BCUT2D eigenvalue weighted by molar-refractivity contribution is -0.137. The Balaban J connectivity index is 0.00000133. The molecule has 0 aromatic heterocycles. The van der Waals surface area contributed by atoms with Gasteiger partial charge in [-0.25, -0.2) is 5.26 Å². The minimum absolute atomic E-state index is 0. The Hall–Kier alpha value is -2.46. The van der Waals surface area contributed by atoms with Crippen LogP contribution in [0.4, 0.5) is 0 Å². The number of ketones is 2. The largest absolute Gasteiger partial charge is 1.00 e.